The van der Waals surface area contributed by atoms with Crippen LogP contribution in [0.25, 0.3) is 6.08 Å². The lowest BCUT2D eigenvalue weighted by Crippen LogP contribution is -2.69. The lowest BCUT2D eigenvalue weighted by molar-refractivity contribution is -0.163. The van der Waals surface area contributed by atoms with E-state index >= 15 is 0 Å². The summed E-state index contributed by atoms with van der Waals surface area (Å²) in [7, 11) is -2.70. The minimum absolute atomic E-state index is 0.241. The van der Waals surface area contributed by atoms with Crippen molar-refractivity contribution in [1.82, 2.24) is 0 Å². The van der Waals surface area contributed by atoms with Gasteiger partial charge in [-0.25, -0.2) is 0 Å². The highest BCUT2D eigenvalue weighted by molar-refractivity contribution is 6.64. The first-order valence-corrected chi connectivity index (χ1v) is 15.0. The molecule has 3 unspecified atom stereocenters. The molecule has 0 saturated carbocycles. The Hall–Kier alpha value is -0.896. The van der Waals surface area contributed by atoms with Crippen molar-refractivity contribution >= 4 is 24.4 Å². The zero-order chi connectivity index (χ0) is 20.8. The van der Waals surface area contributed by atoms with E-state index in [-0.39, 0.29) is 11.3 Å². The Morgan fingerprint density at radius 3 is 2.31 bits per heavy atom. The molecule has 2 nitrogen and oxygen atoms in total. The fraction of sp³-hybridized carbons (Fsp3) is 0.636. The van der Waals surface area contributed by atoms with E-state index in [1.807, 2.05) is 18.2 Å². The standard InChI is InChI=1S/C22H33F3O2Si2/c1-29(18-14-22(23,24)25)21(13-6-8-16-27-21)20(12-5-7-15-26-20)28-17-11-19-9-3-2-4-10-19/h2-4,9-11,17,29H,5-8,12-16,18,28H2,1H3. The van der Waals surface area contributed by atoms with Gasteiger partial charge in [0, 0.05) is 19.6 Å². The Labute approximate surface area is 176 Å². The SMILES string of the molecule is C[SiH](CCC(F)(F)F)C1(C2([SiH2]C=Cc3ccccc3)CCCCO2)CCCCO1. The molecule has 1 aromatic carbocycles. The molecular formula is C22H33F3O2Si2. The molecule has 2 saturated heterocycles. The molecule has 3 atom stereocenters. The monoisotopic (exact) mass is 442 g/mol. The summed E-state index contributed by atoms with van der Waals surface area (Å²) in [5.41, 5.74) is 3.44. The summed E-state index contributed by atoms with van der Waals surface area (Å²) in [6, 6.07) is 10.4. The predicted octanol–water partition coefficient (Wildman–Crippen LogP) is 5.01. The minimum atomic E-state index is -4.09. The summed E-state index contributed by atoms with van der Waals surface area (Å²) >= 11 is 0. The third kappa shape index (κ3) is 5.63. The van der Waals surface area contributed by atoms with Crippen molar-refractivity contribution in [1.29, 1.82) is 0 Å². The lowest BCUT2D eigenvalue weighted by Gasteiger charge is -2.56. The maximum absolute atomic E-state index is 13.0. The Morgan fingerprint density at radius 1 is 1.03 bits per heavy atom. The van der Waals surface area contributed by atoms with Crippen LogP contribution in [0, 0.1) is 0 Å². The molecule has 0 bridgehead atoms. The molecule has 0 aromatic heterocycles. The Balaban J connectivity index is 1.86. The van der Waals surface area contributed by atoms with Crippen LogP contribution < -0.4 is 0 Å². The summed E-state index contributed by atoms with van der Waals surface area (Å²) in [6.07, 6.45) is 3.32. The topological polar surface area (TPSA) is 18.5 Å². The van der Waals surface area contributed by atoms with Crippen LogP contribution in [0.15, 0.2) is 36.0 Å². The van der Waals surface area contributed by atoms with Crippen molar-refractivity contribution in [2.75, 3.05) is 13.2 Å². The molecular weight excluding hydrogens is 409 g/mol. The molecule has 2 heterocycles. The first-order valence-electron chi connectivity index (χ1n) is 10.9. The van der Waals surface area contributed by atoms with Crippen LogP contribution in [0.1, 0.15) is 50.5 Å². The van der Waals surface area contributed by atoms with E-state index in [1.54, 1.807) is 0 Å². The van der Waals surface area contributed by atoms with E-state index in [0.29, 0.717) is 13.2 Å². The molecule has 3 rings (SSSR count). The highest BCUT2D eigenvalue weighted by atomic mass is 28.3. The Kier molecular flexibility index (Phi) is 7.81. The fourth-order valence-electron chi connectivity index (χ4n) is 5.10. The molecule has 0 spiro atoms. The average molecular weight is 443 g/mol. The largest absolute Gasteiger partial charge is 0.388 e. The van der Waals surface area contributed by atoms with Crippen LogP contribution in [0.3, 0.4) is 0 Å². The lowest BCUT2D eigenvalue weighted by atomic mass is 9.96. The van der Waals surface area contributed by atoms with E-state index < -0.39 is 36.1 Å². The number of halogens is 3. The first-order chi connectivity index (χ1) is 13.9. The van der Waals surface area contributed by atoms with E-state index in [9.17, 15) is 13.2 Å². The van der Waals surface area contributed by atoms with Crippen LogP contribution in [0.5, 0.6) is 0 Å². The second kappa shape index (κ2) is 9.94. The smallest absolute Gasteiger partial charge is 0.376 e. The van der Waals surface area contributed by atoms with Crippen molar-refractivity contribution in [2.24, 2.45) is 0 Å². The van der Waals surface area contributed by atoms with E-state index in [1.165, 1.54) is 0 Å². The van der Waals surface area contributed by atoms with Gasteiger partial charge in [0.25, 0.3) is 0 Å². The van der Waals surface area contributed by atoms with Crippen molar-refractivity contribution in [3.05, 3.63) is 41.6 Å². The number of rotatable bonds is 7. The molecule has 29 heavy (non-hydrogen) atoms. The van der Waals surface area contributed by atoms with Crippen molar-refractivity contribution < 1.29 is 22.6 Å². The fourth-order valence-corrected chi connectivity index (χ4v) is 12.1. The van der Waals surface area contributed by atoms with Crippen LogP contribution in [0.4, 0.5) is 13.2 Å². The second-order valence-corrected chi connectivity index (χ2v) is 13.9. The third-order valence-corrected chi connectivity index (χ3v) is 13.1. The quantitative estimate of drug-likeness (QED) is 0.553. The molecule has 0 amide bonds. The summed E-state index contributed by atoms with van der Waals surface area (Å²) in [4.78, 5) is 0. The average Bonchev–Trinajstić information content (AvgIpc) is 2.73. The molecule has 0 N–H and O–H groups in total. The zero-order valence-electron chi connectivity index (χ0n) is 17.3. The van der Waals surface area contributed by atoms with Crippen molar-refractivity contribution in [3.8, 4) is 0 Å². The summed E-state index contributed by atoms with van der Waals surface area (Å²) < 4.78 is 52.0. The molecule has 0 aliphatic carbocycles. The zero-order valence-corrected chi connectivity index (χ0v) is 19.9. The van der Waals surface area contributed by atoms with E-state index in [4.69, 9.17) is 9.47 Å². The second-order valence-electron chi connectivity index (χ2n) is 8.57. The number of ether oxygens (including phenoxy) is 2. The third-order valence-electron chi connectivity index (χ3n) is 6.64. The van der Waals surface area contributed by atoms with Gasteiger partial charge in [0.2, 0.25) is 0 Å². The van der Waals surface area contributed by atoms with Gasteiger partial charge in [-0.1, -0.05) is 48.7 Å². The van der Waals surface area contributed by atoms with Gasteiger partial charge in [-0.2, -0.15) is 13.2 Å². The predicted molar refractivity (Wildman–Crippen MR) is 118 cm³/mol. The number of benzene rings is 1. The normalized spacial score (nSPS) is 30.2. The van der Waals surface area contributed by atoms with Gasteiger partial charge in [-0.05, 0) is 50.1 Å². The maximum Gasteiger partial charge on any atom is 0.388 e. The molecule has 7 heteroatoms. The summed E-state index contributed by atoms with van der Waals surface area (Å²) in [6.45, 7) is 3.45. The van der Waals surface area contributed by atoms with E-state index in [0.717, 1.165) is 44.1 Å². The number of hydrogen-bond acceptors (Lipinski definition) is 2. The molecule has 162 valence electrons. The highest BCUT2D eigenvalue weighted by Crippen LogP contribution is 2.45. The van der Waals surface area contributed by atoms with Crippen LogP contribution in [-0.4, -0.2) is 48.2 Å². The van der Waals surface area contributed by atoms with Crippen LogP contribution in [-0.2, 0) is 9.47 Å². The number of hydrogen-bond donors (Lipinski definition) is 0. The van der Waals surface area contributed by atoms with Gasteiger partial charge in [0.15, 0.2) is 0 Å². The van der Waals surface area contributed by atoms with Gasteiger partial charge in [0.05, 0.1) is 28.8 Å². The number of alkyl halides is 3. The van der Waals surface area contributed by atoms with Gasteiger partial charge < -0.3 is 9.47 Å². The summed E-state index contributed by atoms with van der Waals surface area (Å²) in [5.74, 6) is 0. The van der Waals surface area contributed by atoms with Gasteiger partial charge in [-0.15, -0.1) is 0 Å². The molecule has 0 radical (unpaired) electrons. The van der Waals surface area contributed by atoms with Crippen molar-refractivity contribution in [3.63, 3.8) is 0 Å². The Bertz CT molecular complexity index is 652. The maximum atomic E-state index is 13.0. The molecule has 2 fully saturated rings. The minimum Gasteiger partial charge on any atom is -0.376 e. The van der Waals surface area contributed by atoms with Crippen molar-refractivity contribution in [2.45, 2.75) is 74.2 Å². The Morgan fingerprint density at radius 2 is 1.72 bits per heavy atom. The molecule has 2 aliphatic rings. The highest BCUT2D eigenvalue weighted by Gasteiger charge is 2.57. The van der Waals surface area contributed by atoms with Crippen LogP contribution >= 0.6 is 0 Å². The van der Waals surface area contributed by atoms with Gasteiger partial charge >= 0.3 is 6.18 Å². The molecule has 2 aliphatic heterocycles. The van der Waals surface area contributed by atoms with Gasteiger partial charge in [0.1, 0.15) is 0 Å². The molecule has 1 aromatic rings. The van der Waals surface area contributed by atoms with E-state index in [2.05, 4.69) is 30.5 Å². The van der Waals surface area contributed by atoms with Crippen LogP contribution in [0.2, 0.25) is 12.6 Å². The summed E-state index contributed by atoms with van der Waals surface area (Å²) in [5, 5.41) is -0.807. The van der Waals surface area contributed by atoms with Gasteiger partial charge in [-0.3, -0.25) is 0 Å². The first kappa shape index (κ1) is 22.8.